The number of Topliss-reactive ketones (excluding diaryl/α,β-unsaturated/α-hetero) is 1. The van der Waals surface area contributed by atoms with Crippen molar-refractivity contribution >= 4 is 33.3 Å². The molecule has 0 fully saturated rings. The molecule has 3 heteroatoms. The van der Waals surface area contributed by atoms with Gasteiger partial charge in [0.15, 0.2) is 0 Å². The van der Waals surface area contributed by atoms with Crippen LogP contribution in [0.3, 0.4) is 0 Å². The minimum Gasteiger partial charge on any atom is -0.298 e. The molecule has 1 nitrogen and oxygen atoms in total. The van der Waals surface area contributed by atoms with Crippen molar-refractivity contribution in [3.8, 4) is 0 Å². The molecule has 0 aromatic heterocycles. The van der Waals surface area contributed by atoms with Gasteiger partial charge in [0, 0.05) is 5.88 Å². The fourth-order valence-corrected chi connectivity index (χ4v) is 2.13. The van der Waals surface area contributed by atoms with E-state index in [0.29, 0.717) is 5.88 Å². The van der Waals surface area contributed by atoms with Crippen molar-refractivity contribution in [2.45, 2.75) is 31.0 Å². The van der Waals surface area contributed by atoms with E-state index in [-0.39, 0.29) is 10.6 Å². The molecule has 15 heavy (non-hydrogen) atoms. The van der Waals surface area contributed by atoms with E-state index in [1.54, 1.807) is 6.92 Å². The summed E-state index contributed by atoms with van der Waals surface area (Å²) in [5.41, 5.74) is 3.34. The molecule has 0 spiro atoms. The van der Waals surface area contributed by atoms with Gasteiger partial charge in [-0.15, -0.1) is 11.6 Å². The van der Waals surface area contributed by atoms with Crippen molar-refractivity contribution in [1.29, 1.82) is 0 Å². The van der Waals surface area contributed by atoms with Crippen LogP contribution in [0.1, 0.15) is 35.4 Å². The average molecular weight is 290 g/mol. The van der Waals surface area contributed by atoms with Crippen LogP contribution in [0.4, 0.5) is 0 Å². The Morgan fingerprint density at radius 1 is 1.53 bits per heavy atom. The summed E-state index contributed by atoms with van der Waals surface area (Å²) in [6.45, 7) is 3.67. The third-order valence-electron chi connectivity index (χ3n) is 2.37. The molecule has 1 unspecified atom stereocenters. The largest absolute Gasteiger partial charge is 0.298 e. The molecule has 1 atom stereocenters. The number of alkyl halides is 2. The van der Waals surface area contributed by atoms with E-state index in [2.05, 4.69) is 28.9 Å². The van der Waals surface area contributed by atoms with Gasteiger partial charge in [-0.2, -0.15) is 0 Å². The number of halogens is 2. The SMILES string of the molecule is CCc1cc(CCl)ccc1C(Br)C(C)=O. The van der Waals surface area contributed by atoms with Crippen molar-refractivity contribution in [1.82, 2.24) is 0 Å². The van der Waals surface area contributed by atoms with E-state index >= 15 is 0 Å². The Bertz CT molecular complexity index is 363. The molecule has 0 saturated heterocycles. The Balaban J connectivity index is 3.12. The van der Waals surface area contributed by atoms with Crippen LogP contribution < -0.4 is 0 Å². The van der Waals surface area contributed by atoms with E-state index in [4.69, 9.17) is 11.6 Å². The highest BCUT2D eigenvalue weighted by Crippen LogP contribution is 2.28. The zero-order chi connectivity index (χ0) is 11.4. The Labute approximate surface area is 104 Å². The minimum atomic E-state index is -0.197. The molecule has 0 bridgehead atoms. The molecule has 1 aromatic carbocycles. The highest BCUT2D eigenvalue weighted by Gasteiger charge is 2.15. The second-order valence-corrected chi connectivity index (χ2v) is 4.68. The third kappa shape index (κ3) is 3.05. The van der Waals surface area contributed by atoms with Gasteiger partial charge in [0.1, 0.15) is 5.78 Å². The summed E-state index contributed by atoms with van der Waals surface area (Å²) in [5, 5.41) is 0. The molecule has 0 N–H and O–H groups in total. The number of aryl methyl sites for hydroxylation is 1. The van der Waals surface area contributed by atoms with Crippen molar-refractivity contribution in [3.63, 3.8) is 0 Å². The summed E-state index contributed by atoms with van der Waals surface area (Å²) in [7, 11) is 0. The van der Waals surface area contributed by atoms with Gasteiger partial charge < -0.3 is 0 Å². The Kier molecular flexibility index (Phi) is 4.81. The van der Waals surface area contributed by atoms with E-state index < -0.39 is 0 Å². The Morgan fingerprint density at radius 2 is 2.20 bits per heavy atom. The van der Waals surface area contributed by atoms with Gasteiger partial charge >= 0.3 is 0 Å². The highest BCUT2D eigenvalue weighted by molar-refractivity contribution is 9.09. The average Bonchev–Trinajstić information content (AvgIpc) is 2.27. The molecule has 0 aliphatic heterocycles. The van der Waals surface area contributed by atoms with E-state index in [1.807, 2.05) is 12.1 Å². The molecule has 0 aliphatic carbocycles. The van der Waals surface area contributed by atoms with Crippen LogP contribution in [-0.2, 0) is 17.1 Å². The maximum Gasteiger partial charge on any atom is 0.147 e. The highest BCUT2D eigenvalue weighted by atomic mass is 79.9. The third-order valence-corrected chi connectivity index (χ3v) is 3.82. The predicted molar refractivity (Wildman–Crippen MR) is 67.7 cm³/mol. The summed E-state index contributed by atoms with van der Waals surface area (Å²) in [4.78, 5) is 11.1. The van der Waals surface area contributed by atoms with Crippen molar-refractivity contribution in [2.75, 3.05) is 0 Å². The van der Waals surface area contributed by atoms with Crippen LogP contribution in [0.25, 0.3) is 0 Å². The smallest absolute Gasteiger partial charge is 0.147 e. The number of carbonyl (C=O) groups excluding carboxylic acids is 1. The first-order valence-electron chi connectivity index (χ1n) is 4.92. The number of hydrogen-bond donors (Lipinski definition) is 0. The Morgan fingerprint density at radius 3 is 2.67 bits per heavy atom. The van der Waals surface area contributed by atoms with Crippen molar-refractivity contribution in [3.05, 3.63) is 34.9 Å². The molecule has 0 saturated carbocycles. The summed E-state index contributed by atoms with van der Waals surface area (Å²) < 4.78 is 0. The lowest BCUT2D eigenvalue weighted by Gasteiger charge is -2.12. The van der Waals surface area contributed by atoms with Gasteiger partial charge in [-0.25, -0.2) is 0 Å². The van der Waals surface area contributed by atoms with Crippen LogP contribution in [0.2, 0.25) is 0 Å². The first-order valence-corrected chi connectivity index (χ1v) is 6.37. The molecular formula is C12H14BrClO. The van der Waals surface area contributed by atoms with Crippen LogP contribution in [-0.4, -0.2) is 5.78 Å². The molecule has 0 amide bonds. The predicted octanol–water partition coefficient (Wildman–Crippen LogP) is 4.01. The van der Waals surface area contributed by atoms with Crippen LogP contribution in [0.15, 0.2) is 18.2 Å². The molecule has 1 aromatic rings. The molecule has 0 aliphatic rings. The normalized spacial score (nSPS) is 12.5. The van der Waals surface area contributed by atoms with Crippen LogP contribution in [0, 0.1) is 0 Å². The first-order chi connectivity index (χ1) is 7.10. The number of benzene rings is 1. The lowest BCUT2D eigenvalue weighted by Crippen LogP contribution is -2.04. The quantitative estimate of drug-likeness (QED) is 0.765. The van der Waals surface area contributed by atoms with E-state index in [1.165, 1.54) is 5.56 Å². The minimum absolute atomic E-state index is 0.128. The number of ketones is 1. The zero-order valence-corrected chi connectivity index (χ0v) is 11.2. The molecule has 0 heterocycles. The topological polar surface area (TPSA) is 17.1 Å². The molecule has 1 rings (SSSR count). The van der Waals surface area contributed by atoms with Crippen molar-refractivity contribution in [2.24, 2.45) is 0 Å². The fraction of sp³-hybridized carbons (Fsp3) is 0.417. The van der Waals surface area contributed by atoms with E-state index in [9.17, 15) is 4.79 Å². The van der Waals surface area contributed by atoms with Gasteiger partial charge in [-0.05, 0) is 30.0 Å². The summed E-state index contributed by atoms with van der Waals surface area (Å²) in [6, 6.07) is 6.02. The number of carbonyl (C=O) groups is 1. The summed E-state index contributed by atoms with van der Waals surface area (Å²) in [6.07, 6.45) is 0.912. The second-order valence-electron chi connectivity index (χ2n) is 3.49. The molecule has 82 valence electrons. The zero-order valence-electron chi connectivity index (χ0n) is 8.89. The number of hydrogen-bond acceptors (Lipinski definition) is 1. The standard InChI is InChI=1S/C12H14BrClO/c1-3-10-6-9(7-14)4-5-11(10)12(13)8(2)15/h4-6,12H,3,7H2,1-2H3. The maximum absolute atomic E-state index is 11.3. The maximum atomic E-state index is 11.3. The van der Waals surface area contributed by atoms with Crippen molar-refractivity contribution < 1.29 is 4.79 Å². The van der Waals surface area contributed by atoms with Gasteiger partial charge in [0.25, 0.3) is 0 Å². The van der Waals surface area contributed by atoms with Gasteiger partial charge in [-0.3, -0.25) is 4.79 Å². The summed E-state index contributed by atoms with van der Waals surface area (Å²) >= 11 is 9.18. The van der Waals surface area contributed by atoms with Gasteiger partial charge in [0.05, 0.1) is 4.83 Å². The molecule has 0 radical (unpaired) electrons. The van der Waals surface area contributed by atoms with E-state index in [0.717, 1.165) is 17.5 Å². The number of rotatable bonds is 4. The monoisotopic (exact) mass is 288 g/mol. The lowest BCUT2D eigenvalue weighted by atomic mass is 9.98. The van der Waals surface area contributed by atoms with Crippen LogP contribution in [0.5, 0.6) is 0 Å². The van der Waals surface area contributed by atoms with Gasteiger partial charge in [0.2, 0.25) is 0 Å². The Hall–Kier alpha value is -0.340. The molecular weight excluding hydrogens is 275 g/mol. The van der Waals surface area contributed by atoms with Crippen LogP contribution >= 0.6 is 27.5 Å². The first kappa shape index (κ1) is 12.7. The fourth-order valence-electron chi connectivity index (χ4n) is 1.51. The second kappa shape index (κ2) is 5.66. The summed E-state index contributed by atoms with van der Waals surface area (Å²) in [5.74, 6) is 0.642. The lowest BCUT2D eigenvalue weighted by molar-refractivity contribution is -0.116. The van der Waals surface area contributed by atoms with Gasteiger partial charge in [-0.1, -0.05) is 41.1 Å².